The van der Waals surface area contributed by atoms with Crippen LogP contribution in [-0.2, 0) is 14.3 Å². The molecule has 1 aliphatic rings. The largest absolute Gasteiger partial charge is 0.394 e. The Balaban J connectivity index is 2.21. The molecule has 1 rings (SSSR count). The highest BCUT2D eigenvalue weighted by Gasteiger charge is 2.44. The Bertz CT molecular complexity index is 853. The van der Waals surface area contributed by atoms with Gasteiger partial charge in [0.2, 0.25) is 5.91 Å². The van der Waals surface area contributed by atoms with Gasteiger partial charge in [-0.3, -0.25) is 4.79 Å². The quantitative estimate of drug-likeness (QED) is 0.0289. The van der Waals surface area contributed by atoms with E-state index in [2.05, 4.69) is 31.3 Å². The second kappa shape index (κ2) is 33.3. The number of amides is 1. The highest BCUT2D eigenvalue weighted by molar-refractivity contribution is 5.76. The number of rotatable bonds is 34. The van der Waals surface area contributed by atoms with Gasteiger partial charge in [0.05, 0.1) is 25.4 Å². The lowest BCUT2D eigenvalue weighted by molar-refractivity contribution is -0.302. The zero-order valence-corrected chi connectivity index (χ0v) is 32.6. The van der Waals surface area contributed by atoms with E-state index in [-0.39, 0.29) is 12.5 Å². The molecule has 1 aliphatic heterocycles. The standard InChI is InChI=1S/C42H79NO8/c1-3-5-7-9-10-11-12-13-14-15-16-17-18-19-20-21-22-23-24-25-26-27-28-29-31-36(45)35(43-38(46)32-30-8-6-4-2)34-50-42-41(49)40(48)39(47)37(33-44)51-42/h25-26,29,31,35-37,39-42,44-45,47-49H,3-24,27-28,30,32-34H2,1-2H3,(H,43,46)/b26-25+,31-29+. The molecule has 51 heavy (non-hydrogen) atoms. The Hall–Kier alpha value is -1.33. The molecule has 0 spiro atoms. The van der Waals surface area contributed by atoms with Gasteiger partial charge in [0, 0.05) is 6.42 Å². The molecule has 9 nitrogen and oxygen atoms in total. The molecular formula is C42H79NO8. The molecule has 0 radical (unpaired) electrons. The molecular weight excluding hydrogens is 646 g/mol. The van der Waals surface area contributed by atoms with Gasteiger partial charge >= 0.3 is 0 Å². The van der Waals surface area contributed by atoms with E-state index in [1.54, 1.807) is 6.08 Å². The van der Waals surface area contributed by atoms with E-state index in [0.717, 1.165) is 44.9 Å². The summed E-state index contributed by atoms with van der Waals surface area (Å²) in [6.45, 7) is 3.62. The summed E-state index contributed by atoms with van der Waals surface area (Å²) < 4.78 is 11.1. The van der Waals surface area contributed by atoms with Gasteiger partial charge in [0.1, 0.15) is 24.4 Å². The minimum absolute atomic E-state index is 0.200. The summed E-state index contributed by atoms with van der Waals surface area (Å²) in [5.41, 5.74) is 0. The van der Waals surface area contributed by atoms with Crippen molar-refractivity contribution in [3.05, 3.63) is 24.3 Å². The molecule has 1 fully saturated rings. The minimum Gasteiger partial charge on any atom is -0.394 e. The number of allylic oxidation sites excluding steroid dienone is 3. The number of carbonyl (C=O) groups is 1. The first kappa shape index (κ1) is 47.7. The van der Waals surface area contributed by atoms with E-state index in [0.29, 0.717) is 6.42 Å². The smallest absolute Gasteiger partial charge is 0.220 e. The summed E-state index contributed by atoms with van der Waals surface area (Å²) in [6, 6.07) is -0.813. The normalized spacial score (nSPS) is 22.2. The van der Waals surface area contributed by atoms with E-state index in [1.165, 1.54) is 116 Å². The van der Waals surface area contributed by atoms with E-state index in [4.69, 9.17) is 9.47 Å². The molecule has 7 atom stereocenters. The summed E-state index contributed by atoms with van der Waals surface area (Å²) in [5.74, 6) is -0.205. The first-order valence-electron chi connectivity index (χ1n) is 21.1. The third-order valence-electron chi connectivity index (χ3n) is 10.0. The molecule has 300 valence electrons. The average Bonchev–Trinajstić information content (AvgIpc) is 3.13. The van der Waals surface area contributed by atoms with Crippen LogP contribution in [-0.4, -0.2) is 87.5 Å². The molecule has 0 aliphatic carbocycles. The summed E-state index contributed by atoms with van der Waals surface area (Å²) in [5, 5.41) is 53.6. The number of nitrogens with one attached hydrogen (secondary N) is 1. The number of ether oxygens (including phenoxy) is 2. The Morgan fingerprint density at radius 3 is 1.65 bits per heavy atom. The van der Waals surface area contributed by atoms with Crippen molar-refractivity contribution in [1.82, 2.24) is 5.32 Å². The first-order valence-corrected chi connectivity index (χ1v) is 21.1. The lowest BCUT2D eigenvalue weighted by atomic mass is 9.99. The zero-order valence-electron chi connectivity index (χ0n) is 32.6. The van der Waals surface area contributed by atoms with Gasteiger partial charge in [0.15, 0.2) is 6.29 Å². The van der Waals surface area contributed by atoms with Crippen LogP contribution in [0.2, 0.25) is 0 Å². The summed E-state index contributed by atoms with van der Waals surface area (Å²) in [7, 11) is 0. The van der Waals surface area contributed by atoms with Gasteiger partial charge in [0.25, 0.3) is 0 Å². The molecule has 0 saturated carbocycles. The molecule has 0 aromatic rings. The summed E-state index contributed by atoms with van der Waals surface area (Å²) in [6.07, 6.45) is 31.6. The lowest BCUT2D eigenvalue weighted by Crippen LogP contribution is -2.60. The Kier molecular flexibility index (Phi) is 31.1. The average molecular weight is 726 g/mol. The number of aliphatic hydroxyl groups excluding tert-OH is 5. The van der Waals surface area contributed by atoms with Crippen LogP contribution in [0.15, 0.2) is 24.3 Å². The van der Waals surface area contributed by atoms with Crippen molar-refractivity contribution in [2.24, 2.45) is 0 Å². The fraction of sp³-hybridized carbons (Fsp3) is 0.881. The number of carbonyl (C=O) groups excluding carboxylic acids is 1. The molecule has 0 aromatic heterocycles. The third-order valence-corrected chi connectivity index (χ3v) is 10.0. The molecule has 0 bridgehead atoms. The fourth-order valence-corrected chi connectivity index (χ4v) is 6.58. The molecule has 0 aromatic carbocycles. The van der Waals surface area contributed by atoms with Gasteiger partial charge < -0.3 is 40.3 Å². The van der Waals surface area contributed by atoms with Crippen molar-refractivity contribution in [2.45, 2.75) is 224 Å². The van der Waals surface area contributed by atoms with E-state index >= 15 is 0 Å². The maximum Gasteiger partial charge on any atom is 0.220 e. The third kappa shape index (κ3) is 24.6. The van der Waals surface area contributed by atoms with E-state index in [9.17, 15) is 30.3 Å². The second-order valence-corrected chi connectivity index (χ2v) is 14.8. The van der Waals surface area contributed by atoms with Crippen molar-refractivity contribution in [3.8, 4) is 0 Å². The lowest BCUT2D eigenvalue weighted by Gasteiger charge is -2.40. The van der Waals surface area contributed by atoms with Gasteiger partial charge in [-0.2, -0.15) is 0 Å². The Morgan fingerprint density at radius 1 is 0.647 bits per heavy atom. The number of hydrogen-bond acceptors (Lipinski definition) is 8. The number of unbranched alkanes of at least 4 members (excludes halogenated alkanes) is 22. The molecule has 1 heterocycles. The van der Waals surface area contributed by atoms with Crippen molar-refractivity contribution >= 4 is 5.91 Å². The molecule has 1 amide bonds. The van der Waals surface area contributed by atoms with Crippen molar-refractivity contribution < 1.29 is 39.8 Å². The summed E-state index contributed by atoms with van der Waals surface area (Å²) in [4.78, 5) is 12.6. The minimum atomic E-state index is -1.57. The van der Waals surface area contributed by atoms with Crippen LogP contribution in [0.5, 0.6) is 0 Å². The summed E-state index contributed by atoms with van der Waals surface area (Å²) >= 11 is 0. The van der Waals surface area contributed by atoms with Gasteiger partial charge in [-0.25, -0.2) is 0 Å². The van der Waals surface area contributed by atoms with E-state index < -0.39 is 49.5 Å². The van der Waals surface area contributed by atoms with Gasteiger partial charge in [-0.15, -0.1) is 0 Å². The maximum absolute atomic E-state index is 12.6. The predicted octanol–water partition coefficient (Wildman–Crippen LogP) is 7.94. The molecule has 6 N–H and O–H groups in total. The van der Waals surface area contributed by atoms with Gasteiger partial charge in [-0.1, -0.05) is 167 Å². The highest BCUT2D eigenvalue weighted by atomic mass is 16.7. The number of hydrogen-bond donors (Lipinski definition) is 6. The van der Waals surface area contributed by atoms with E-state index in [1.807, 2.05) is 6.08 Å². The van der Waals surface area contributed by atoms with Crippen molar-refractivity contribution in [3.63, 3.8) is 0 Å². The van der Waals surface area contributed by atoms with Gasteiger partial charge in [-0.05, 0) is 32.1 Å². The van der Waals surface area contributed by atoms with Crippen LogP contribution >= 0.6 is 0 Å². The van der Waals surface area contributed by atoms with Crippen molar-refractivity contribution in [2.75, 3.05) is 13.2 Å². The number of aliphatic hydroxyl groups is 5. The first-order chi connectivity index (χ1) is 24.8. The fourth-order valence-electron chi connectivity index (χ4n) is 6.58. The highest BCUT2D eigenvalue weighted by Crippen LogP contribution is 2.22. The SMILES string of the molecule is CCCCCCCCCCCCCCCCCCCC/C=C/CC/C=C/C(O)C(COC1OC(CO)C(O)C(O)C1O)NC(=O)CCCCCC. The second-order valence-electron chi connectivity index (χ2n) is 14.8. The van der Waals surface area contributed by atoms with Crippen LogP contribution in [0.1, 0.15) is 181 Å². The molecule has 7 unspecified atom stereocenters. The Labute approximate surface area is 311 Å². The Morgan fingerprint density at radius 2 is 1.12 bits per heavy atom. The molecule has 9 heteroatoms. The maximum atomic E-state index is 12.6. The van der Waals surface area contributed by atoms with Crippen LogP contribution in [0.25, 0.3) is 0 Å². The van der Waals surface area contributed by atoms with Crippen LogP contribution in [0, 0.1) is 0 Å². The van der Waals surface area contributed by atoms with Crippen LogP contribution in [0.3, 0.4) is 0 Å². The van der Waals surface area contributed by atoms with Crippen molar-refractivity contribution in [1.29, 1.82) is 0 Å². The monoisotopic (exact) mass is 726 g/mol. The molecule has 1 saturated heterocycles. The van der Waals surface area contributed by atoms with Crippen LogP contribution < -0.4 is 5.32 Å². The zero-order chi connectivity index (χ0) is 37.4. The predicted molar refractivity (Wildman–Crippen MR) is 207 cm³/mol. The topological polar surface area (TPSA) is 149 Å². The van der Waals surface area contributed by atoms with Crippen LogP contribution in [0.4, 0.5) is 0 Å².